The molecular formula is C12H22N4O2. The lowest BCUT2D eigenvalue weighted by atomic mass is 10.1. The Morgan fingerprint density at radius 2 is 2.00 bits per heavy atom. The summed E-state index contributed by atoms with van der Waals surface area (Å²) in [6, 6.07) is 0. The maximum Gasteiger partial charge on any atom is 0.325 e. The fourth-order valence-electron chi connectivity index (χ4n) is 1.35. The van der Waals surface area contributed by atoms with Gasteiger partial charge in [-0.1, -0.05) is 5.21 Å². The molecule has 0 bridgehead atoms. The van der Waals surface area contributed by atoms with Crippen LogP contribution in [0.2, 0.25) is 0 Å². The van der Waals surface area contributed by atoms with E-state index in [1.807, 2.05) is 6.20 Å². The summed E-state index contributed by atoms with van der Waals surface area (Å²) in [4.78, 5) is 11.5. The second-order valence-corrected chi connectivity index (χ2v) is 5.80. The number of nitrogens with zero attached hydrogens (tertiary/aromatic N) is 3. The zero-order valence-corrected chi connectivity index (χ0v) is 11.9. The van der Waals surface area contributed by atoms with E-state index >= 15 is 0 Å². The molecule has 0 atom stereocenters. The van der Waals surface area contributed by atoms with E-state index in [2.05, 4.69) is 36.4 Å². The molecule has 0 amide bonds. The average molecular weight is 254 g/mol. The van der Waals surface area contributed by atoms with Crippen molar-refractivity contribution in [1.29, 1.82) is 0 Å². The molecule has 1 rings (SSSR count). The summed E-state index contributed by atoms with van der Waals surface area (Å²) in [5.74, 6) is -0.300. The van der Waals surface area contributed by atoms with Crippen LogP contribution in [-0.2, 0) is 21.6 Å². The van der Waals surface area contributed by atoms with Crippen molar-refractivity contribution in [2.24, 2.45) is 0 Å². The molecule has 1 heterocycles. The Morgan fingerprint density at radius 3 is 2.44 bits per heavy atom. The summed E-state index contributed by atoms with van der Waals surface area (Å²) in [5, 5.41) is 11.2. The van der Waals surface area contributed by atoms with Gasteiger partial charge in [0.1, 0.15) is 5.54 Å². The first-order valence-electron chi connectivity index (χ1n) is 5.92. The molecule has 18 heavy (non-hydrogen) atoms. The van der Waals surface area contributed by atoms with Crippen LogP contribution in [0.25, 0.3) is 0 Å². The number of nitrogens with one attached hydrogen (secondary N) is 1. The molecule has 6 nitrogen and oxygen atoms in total. The highest BCUT2D eigenvalue weighted by atomic mass is 16.5. The number of rotatable bonds is 4. The molecule has 0 unspecified atom stereocenters. The van der Waals surface area contributed by atoms with Crippen molar-refractivity contribution in [2.45, 2.75) is 52.2 Å². The van der Waals surface area contributed by atoms with E-state index in [1.165, 1.54) is 7.11 Å². The van der Waals surface area contributed by atoms with Crippen LogP contribution in [0.15, 0.2) is 6.20 Å². The number of carbonyl (C=O) groups is 1. The van der Waals surface area contributed by atoms with Crippen LogP contribution in [0.5, 0.6) is 0 Å². The van der Waals surface area contributed by atoms with Gasteiger partial charge in [0, 0.05) is 6.54 Å². The van der Waals surface area contributed by atoms with Crippen molar-refractivity contribution >= 4 is 5.97 Å². The Bertz CT molecular complexity index is 418. The molecule has 0 saturated carbocycles. The predicted molar refractivity (Wildman–Crippen MR) is 68.0 cm³/mol. The molecule has 6 heteroatoms. The standard InChI is InChI=1S/C12H22N4O2/c1-11(2,3)16-8-9(14-15-16)7-13-12(4,5)10(17)18-6/h8,13H,7H2,1-6H3. The minimum Gasteiger partial charge on any atom is -0.468 e. The molecule has 0 radical (unpaired) electrons. The second kappa shape index (κ2) is 5.06. The molecule has 0 saturated heterocycles. The molecule has 0 aliphatic carbocycles. The number of hydrogen-bond donors (Lipinski definition) is 1. The Balaban J connectivity index is 2.65. The fraction of sp³-hybridized carbons (Fsp3) is 0.750. The van der Waals surface area contributed by atoms with Crippen molar-refractivity contribution in [2.75, 3.05) is 7.11 Å². The summed E-state index contributed by atoms with van der Waals surface area (Å²) in [5.41, 5.74) is -0.0366. The van der Waals surface area contributed by atoms with Crippen molar-refractivity contribution in [3.63, 3.8) is 0 Å². The molecule has 1 aromatic heterocycles. The lowest BCUT2D eigenvalue weighted by molar-refractivity contribution is -0.147. The first-order valence-corrected chi connectivity index (χ1v) is 5.92. The molecule has 0 fully saturated rings. The lowest BCUT2D eigenvalue weighted by Gasteiger charge is -2.22. The Hall–Kier alpha value is -1.43. The van der Waals surface area contributed by atoms with Crippen molar-refractivity contribution in [3.05, 3.63) is 11.9 Å². The zero-order chi connectivity index (χ0) is 14.0. The van der Waals surface area contributed by atoms with Gasteiger partial charge >= 0.3 is 5.97 Å². The monoisotopic (exact) mass is 254 g/mol. The van der Waals surface area contributed by atoms with Gasteiger partial charge in [-0.15, -0.1) is 5.10 Å². The van der Waals surface area contributed by atoms with E-state index in [4.69, 9.17) is 4.74 Å². The fourth-order valence-corrected chi connectivity index (χ4v) is 1.35. The van der Waals surface area contributed by atoms with Gasteiger partial charge in [-0.2, -0.15) is 0 Å². The minimum atomic E-state index is -0.736. The lowest BCUT2D eigenvalue weighted by Crippen LogP contribution is -2.47. The number of aromatic nitrogens is 3. The van der Waals surface area contributed by atoms with Crippen LogP contribution in [0, 0.1) is 0 Å². The molecule has 0 spiro atoms. The topological polar surface area (TPSA) is 69.0 Å². The van der Waals surface area contributed by atoms with E-state index in [0.29, 0.717) is 6.54 Å². The van der Waals surface area contributed by atoms with Crippen molar-refractivity contribution in [1.82, 2.24) is 20.3 Å². The van der Waals surface area contributed by atoms with Crippen LogP contribution in [0.3, 0.4) is 0 Å². The first kappa shape index (κ1) is 14.6. The molecule has 1 N–H and O–H groups in total. The van der Waals surface area contributed by atoms with Crippen LogP contribution < -0.4 is 5.32 Å². The van der Waals surface area contributed by atoms with Crippen LogP contribution >= 0.6 is 0 Å². The van der Waals surface area contributed by atoms with E-state index in [1.54, 1.807) is 18.5 Å². The number of methoxy groups -OCH3 is 1. The van der Waals surface area contributed by atoms with Gasteiger partial charge in [0.05, 0.1) is 24.5 Å². The number of ether oxygens (including phenoxy) is 1. The summed E-state index contributed by atoms with van der Waals surface area (Å²) in [6.07, 6.45) is 1.88. The van der Waals surface area contributed by atoms with E-state index in [0.717, 1.165) is 5.69 Å². The third-order valence-corrected chi connectivity index (χ3v) is 2.64. The number of hydrogen-bond acceptors (Lipinski definition) is 5. The van der Waals surface area contributed by atoms with Gasteiger partial charge in [0.25, 0.3) is 0 Å². The van der Waals surface area contributed by atoms with E-state index in [-0.39, 0.29) is 11.5 Å². The highest BCUT2D eigenvalue weighted by Crippen LogP contribution is 2.12. The van der Waals surface area contributed by atoms with Gasteiger partial charge in [0.2, 0.25) is 0 Å². The van der Waals surface area contributed by atoms with Crippen LogP contribution in [-0.4, -0.2) is 33.6 Å². The number of carbonyl (C=O) groups excluding carboxylic acids is 1. The summed E-state index contributed by atoms with van der Waals surface area (Å²) < 4.78 is 6.52. The highest BCUT2D eigenvalue weighted by molar-refractivity contribution is 5.79. The third-order valence-electron chi connectivity index (χ3n) is 2.64. The molecule has 102 valence electrons. The molecular weight excluding hydrogens is 232 g/mol. The first-order chi connectivity index (χ1) is 8.16. The maximum atomic E-state index is 11.5. The Kier molecular flexibility index (Phi) is 4.11. The van der Waals surface area contributed by atoms with Gasteiger partial charge in [0.15, 0.2) is 0 Å². The molecule has 0 aromatic carbocycles. The highest BCUT2D eigenvalue weighted by Gasteiger charge is 2.28. The summed E-state index contributed by atoms with van der Waals surface area (Å²) in [7, 11) is 1.38. The zero-order valence-electron chi connectivity index (χ0n) is 11.9. The molecule has 1 aromatic rings. The van der Waals surface area contributed by atoms with Crippen molar-refractivity contribution < 1.29 is 9.53 Å². The van der Waals surface area contributed by atoms with E-state index in [9.17, 15) is 4.79 Å². The van der Waals surface area contributed by atoms with Crippen molar-refractivity contribution in [3.8, 4) is 0 Å². The largest absolute Gasteiger partial charge is 0.468 e. The third kappa shape index (κ3) is 3.53. The minimum absolute atomic E-state index is 0.0941. The summed E-state index contributed by atoms with van der Waals surface area (Å²) in [6.45, 7) is 10.2. The molecule has 0 aliphatic heterocycles. The van der Waals surface area contributed by atoms with Gasteiger partial charge in [-0.25, -0.2) is 4.68 Å². The smallest absolute Gasteiger partial charge is 0.325 e. The SMILES string of the molecule is COC(=O)C(C)(C)NCc1cn(C(C)(C)C)nn1. The van der Waals surface area contributed by atoms with Crippen LogP contribution in [0.1, 0.15) is 40.3 Å². The van der Waals surface area contributed by atoms with Gasteiger partial charge in [-0.05, 0) is 34.6 Å². The van der Waals surface area contributed by atoms with Gasteiger partial charge in [-0.3, -0.25) is 10.1 Å². The average Bonchev–Trinajstić information content (AvgIpc) is 2.73. The van der Waals surface area contributed by atoms with Gasteiger partial charge < -0.3 is 4.74 Å². The van der Waals surface area contributed by atoms with Crippen LogP contribution in [0.4, 0.5) is 0 Å². The predicted octanol–water partition coefficient (Wildman–Crippen LogP) is 1.07. The Morgan fingerprint density at radius 1 is 1.39 bits per heavy atom. The summed E-state index contributed by atoms with van der Waals surface area (Å²) >= 11 is 0. The van der Waals surface area contributed by atoms with E-state index < -0.39 is 5.54 Å². The number of esters is 1. The maximum absolute atomic E-state index is 11.5. The second-order valence-electron chi connectivity index (χ2n) is 5.80. The normalized spacial score (nSPS) is 12.6. The molecule has 0 aliphatic rings. The quantitative estimate of drug-likeness (QED) is 0.814. The Labute approximate surface area is 108 Å².